The van der Waals surface area contributed by atoms with E-state index in [1.165, 1.54) is 28.2 Å². The number of benzene rings is 3. The van der Waals surface area contributed by atoms with E-state index < -0.39 is 5.82 Å². The Morgan fingerprint density at radius 1 is 0.946 bits per heavy atom. The highest BCUT2D eigenvalue weighted by atomic mass is 19.1. The van der Waals surface area contributed by atoms with Gasteiger partial charge in [-0.1, -0.05) is 48.5 Å². The molecule has 0 aliphatic carbocycles. The Hall–Kier alpha value is -4.52. The number of aryl methyl sites for hydroxylation is 1. The second-order valence-electron chi connectivity index (χ2n) is 8.75. The molecule has 4 rings (SSSR count). The van der Waals surface area contributed by atoms with Crippen molar-refractivity contribution in [3.63, 3.8) is 0 Å². The molecule has 37 heavy (non-hydrogen) atoms. The van der Waals surface area contributed by atoms with Gasteiger partial charge in [0.2, 0.25) is 5.91 Å². The van der Waals surface area contributed by atoms with Gasteiger partial charge in [0.15, 0.2) is 5.43 Å². The molecule has 0 fully saturated rings. The van der Waals surface area contributed by atoms with Crippen LogP contribution in [-0.2, 0) is 17.9 Å². The number of halogens is 1. The summed E-state index contributed by atoms with van der Waals surface area (Å²) in [5.41, 5.74) is 2.49. The largest absolute Gasteiger partial charge is 0.464 e. The van der Waals surface area contributed by atoms with E-state index in [4.69, 9.17) is 4.42 Å². The van der Waals surface area contributed by atoms with Crippen LogP contribution in [0.1, 0.15) is 27.0 Å². The molecule has 0 aliphatic rings. The van der Waals surface area contributed by atoms with Gasteiger partial charge in [-0.15, -0.1) is 6.58 Å². The minimum atomic E-state index is -0.391. The third-order valence-corrected chi connectivity index (χ3v) is 6.09. The number of hydrogen-bond acceptors (Lipinski definition) is 4. The summed E-state index contributed by atoms with van der Waals surface area (Å²) >= 11 is 0. The lowest BCUT2D eigenvalue weighted by Gasteiger charge is -2.27. The first-order valence-corrected chi connectivity index (χ1v) is 11.8. The molecule has 0 spiro atoms. The van der Waals surface area contributed by atoms with Gasteiger partial charge in [-0.05, 0) is 48.4 Å². The van der Waals surface area contributed by atoms with Crippen LogP contribution in [0.4, 0.5) is 4.39 Å². The highest BCUT2D eigenvalue weighted by Crippen LogP contribution is 2.16. The van der Waals surface area contributed by atoms with Crippen LogP contribution in [0.3, 0.4) is 0 Å². The van der Waals surface area contributed by atoms with E-state index in [2.05, 4.69) is 6.58 Å². The quantitative estimate of drug-likeness (QED) is 0.301. The van der Waals surface area contributed by atoms with Crippen LogP contribution in [0.25, 0.3) is 11.0 Å². The minimum Gasteiger partial charge on any atom is -0.464 e. The number of carbonyl (C=O) groups is 2. The Morgan fingerprint density at radius 2 is 1.65 bits per heavy atom. The van der Waals surface area contributed by atoms with Gasteiger partial charge in [0, 0.05) is 18.7 Å². The molecule has 0 N–H and O–H groups in total. The summed E-state index contributed by atoms with van der Waals surface area (Å²) in [4.78, 5) is 42.9. The van der Waals surface area contributed by atoms with E-state index in [1.807, 2.05) is 19.1 Å². The normalized spacial score (nSPS) is 10.8. The maximum Gasteiger partial charge on any atom is 0.254 e. The van der Waals surface area contributed by atoms with Crippen molar-refractivity contribution in [3.8, 4) is 0 Å². The molecule has 1 heterocycles. The number of fused-ring (bicyclic) bond motifs is 1. The summed E-state index contributed by atoms with van der Waals surface area (Å²) < 4.78 is 19.1. The Bertz CT molecular complexity index is 1490. The zero-order valence-electron chi connectivity index (χ0n) is 20.5. The van der Waals surface area contributed by atoms with Gasteiger partial charge in [-0.25, -0.2) is 4.39 Å². The van der Waals surface area contributed by atoms with Crippen LogP contribution in [0, 0.1) is 12.7 Å². The summed E-state index contributed by atoms with van der Waals surface area (Å²) in [7, 11) is 0. The Labute approximate surface area is 214 Å². The molecule has 6 nitrogen and oxygen atoms in total. The van der Waals surface area contributed by atoms with Crippen molar-refractivity contribution in [2.45, 2.75) is 20.0 Å². The minimum absolute atomic E-state index is 0.0378. The van der Waals surface area contributed by atoms with Crippen LogP contribution in [0.2, 0.25) is 0 Å². The molecule has 188 valence electrons. The predicted molar refractivity (Wildman–Crippen MR) is 140 cm³/mol. The van der Waals surface area contributed by atoms with Crippen molar-refractivity contribution in [2.75, 3.05) is 13.1 Å². The zero-order valence-corrected chi connectivity index (χ0v) is 20.5. The van der Waals surface area contributed by atoms with Gasteiger partial charge in [0.1, 0.15) is 17.9 Å². The third-order valence-electron chi connectivity index (χ3n) is 6.09. The lowest BCUT2D eigenvalue weighted by atomic mass is 10.1. The summed E-state index contributed by atoms with van der Waals surface area (Å²) in [6.07, 6.45) is 2.92. The molecule has 0 saturated carbocycles. The Morgan fingerprint density at radius 3 is 2.38 bits per heavy atom. The van der Waals surface area contributed by atoms with E-state index in [1.54, 1.807) is 54.6 Å². The molecular weight excluding hydrogens is 471 g/mol. The van der Waals surface area contributed by atoms with Crippen LogP contribution >= 0.6 is 0 Å². The summed E-state index contributed by atoms with van der Waals surface area (Å²) in [5.74, 6) is -1.06. The molecule has 0 bridgehead atoms. The number of hydrogen-bond donors (Lipinski definition) is 0. The predicted octanol–water partition coefficient (Wildman–Crippen LogP) is 5.10. The average Bonchev–Trinajstić information content (AvgIpc) is 2.90. The number of rotatable bonds is 9. The molecule has 0 saturated heterocycles. The Kier molecular flexibility index (Phi) is 7.93. The van der Waals surface area contributed by atoms with Gasteiger partial charge in [-0.3, -0.25) is 14.4 Å². The molecule has 2 amide bonds. The number of carbonyl (C=O) groups excluding carboxylic acids is 2. The topological polar surface area (TPSA) is 70.8 Å². The molecule has 0 atom stereocenters. The van der Waals surface area contributed by atoms with Crippen molar-refractivity contribution >= 4 is 22.8 Å². The van der Waals surface area contributed by atoms with E-state index >= 15 is 0 Å². The standard InChI is InChI=1S/C30H27FN2O4/c1-3-16-32(30(36)25-9-5-4-8-21(25)2)19-28(34)33(17-22-12-14-24(31)15-13-22)18-23-20-37-27-11-7-6-10-26(27)29(23)35/h3-15,20H,1,16-19H2,2H3. The van der Waals surface area contributed by atoms with Crippen molar-refractivity contribution < 1.29 is 18.4 Å². The highest BCUT2D eigenvalue weighted by Gasteiger charge is 2.24. The summed E-state index contributed by atoms with van der Waals surface area (Å²) in [5, 5.41) is 0.414. The van der Waals surface area contributed by atoms with Crippen LogP contribution in [0.15, 0.2) is 101 Å². The first kappa shape index (κ1) is 25.6. The second kappa shape index (κ2) is 11.5. The van der Waals surface area contributed by atoms with Gasteiger partial charge in [-0.2, -0.15) is 0 Å². The smallest absolute Gasteiger partial charge is 0.254 e. The van der Waals surface area contributed by atoms with Gasteiger partial charge in [0.05, 0.1) is 23.8 Å². The molecular formula is C30H27FN2O4. The van der Waals surface area contributed by atoms with Crippen molar-refractivity contribution in [2.24, 2.45) is 0 Å². The fraction of sp³-hybridized carbons (Fsp3) is 0.167. The van der Waals surface area contributed by atoms with Gasteiger partial charge in [0.25, 0.3) is 5.91 Å². The van der Waals surface area contributed by atoms with Crippen LogP contribution < -0.4 is 5.43 Å². The third kappa shape index (κ3) is 6.01. The fourth-order valence-corrected chi connectivity index (χ4v) is 4.10. The van der Waals surface area contributed by atoms with Gasteiger partial charge < -0.3 is 14.2 Å². The molecule has 1 aromatic heterocycles. The Balaban J connectivity index is 1.64. The fourth-order valence-electron chi connectivity index (χ4n) is 4.10. The van der Waals surface area contributed by atoms with Crippen LogP contribution in [0.5, 0.6) is 0 Å². The molecule has 0 radical (unpaired) electrons. The maximum absolute atomic E-state index is 13.6. The summed E-state index contributed by atoms with van der Waals surface area (Å²) in [6.45, 7) is 5.59. The average molecular weight is 499 g/mol. The van der Waals surface area contributed by atoms with Gasteiger partial charge >= 0.3 is 0 Å². The van der Waals surface area contributed by atoms with E-state index in [0.717, 1.165) is 5.56 Å². The molecule has 4 aromatic rings. The number of para-hydroxylation sites is 1. The number of nitrogens with zero attached hydrogens (tertiary/aromatic N) is 2. The zero-order chi connectivity index (χ0) is 26.4. The maximum atomic E-state index is 13.6. The van der Waals surface area contributed by atoms with Crippen molar-refractivity contribution in [3.05, 3.63) is 130 Å². The SMILES string of the molecule is C=CCN(CC(=O)N(Cc1ccc(F)cc1)Cc1coc2ccccc2c1=O)C(=O)c1ccccc1C. The lowest BCUT2D eigenvalue weighted by Crippen LogP contribution is -2.43. The first-order valence-electron chi connectivity index (χ1n) is 11.8. The summed E-state index contributed by atoms with van der Waals surface area (Å²) in [6, 6.07) is 19.8. The van der Waals surface area contributed by atoms with E-state index in [-0.39, 0.29) is 43.4 Å². The monoisotopic (exact) mass is 498 g/mol. The molecule has 3 aromatic carbocycles. The van der Waals surface area contributed by atoms with Crippen molar-refractivity contribution in [1.29, 1.82) is 0 Å². The first-order chi connectivity index (χ1) is 17.9. The van der Waals surface area contributed by atoms with Crippen molar-refractivity contribution in [1.82, 2.24) is 9.80 Å². The second-order valence-corrected chi connectivity index (χ2v) is 8.75. The van der Waals surface area contributed by atoms with E-state index in [9.17, 15) is 18.8 Å². The highest BCUT2D eigenvalue weighted by molar-refractivity contribution is 5.97. The number of amides is 2. The molecule has 0 unspecified atom stereocenters. The van der Waals surface area contributed by atoms with E-state index in [0.29, 0.717) is 27.7 Å². The molecule has 7 heteroatoms. The lowest BCUT2D eigenvalue weighted by molar-refractivity contribution is -0.133. The van der Waals surface area contributed by atoms with Crippen LogP contribution in [-0.4, -0.2) is 34.7 Å². The molecule has 0 aliphatic heterocycles.